The molecule has 0 spiro atoms. The monoisotopic (exact) mass is 388 g/mol. The fourth-order valence-corrected chi connectivity index (χ4v) is 5.35. The van der Waals surface area contributed by atoms with Crippen LogP contribution in [0.3, 0.4) is 0 Å². The van der Waals surface area contributed by atoms with Gasteiger partial charge in [0.05, 0.1) is 22.1 Å². The first-order valence-electron chi connectivity index (χ1n) is 8.45. The summed E-state index contributed by atoms with van der Waals surface area (Å²) in [6.07, 6.45) is -0.705. The van der Waals surface area contributed by atoms with Gasteiger partial charge in [0.2, 0.25) is 5.78 Å². The molecular weight excluding hydrogens is 372 g/mol. The summed E-state index contributed by atoms with van der Waals surface area (Å²) >= 11 is 1.12. The number of hydrogen-bond donors (Lipinski definition) is 3. The van der Waals surface area contributed by atoms with E-state index in [-0.39, 0.29) is 57.0 Å². The number of carbonyl (C=O) groups excluding carboxylic acids is 2. The van der Waals surface area contributed by atoms with E-state index in [4.69, 9.17) is 9.47 Å². The van der Waals surface area contributed by atoms with Crippen LogP contribution >= 0.6 is 11.3 Å². The number of hydrogen-bond acceptors (Lipinski definition) is 8. The predicted octanol–water partition coefficient (Wildman–Crippen LogP) is 2.05. The molecule has 27 heavy (non-hydrogen) atoms. The van der Waals surface area contributed by atoms with Gasteiger partial charge in [-0.25, -0.2) is 0 Å². The maximum atomic E-state index is 12.9. The molecule has 1 aliphatic heterocycles. The van der Waals surface area contributed by atoms with Crippen molar-refractivity contribution in [2.75, 3.05) is 7.11 Å². The van der Waals surface area contributed by atoms with Crippen molar-refractivity contribution in [3.63, 3.8) is 0 Å². The molecule has 1 aromatic heterocycles. The van der Waals surface area contributed by atoms with E-state index in [0.717, 1.165) is 11.3 Å². The van der Waals surface area contributed by atoms with Gasteiger partial charge in [-0.1, -0.05) is 0 Å². The normalized spacial score (nSPS) is 30.9. The highest BCUT2D eigenvalue weighted by Crippen LogP contribution is 2.58. The molecule has 2 aliphatic carbocycles. The quantitative estimate of drug-likeness (QED) is 0.547. The molecule has 2 heterocycles. The van der Waals surface area contributed by atoms with Crippen LogP contribution in [0.4, 0.5) is 0 Å². The highest BCUT2D eigenvalue weighted by molar-refractivity contribution is 7.12. The molecule has 8 heteroatoms. The van der Waals surface area contributed by atoms with Gasteiger partial charge >= 0.3 is 0 Å². The van der Waals surface area contributed by atoms with Crippen LogP contribution in [-0.2, 0) is 15.9 Å². The first-order chi connectivity index (χ1) is 12.7. The number of carbonyl (C=O) groups is 2. The summed E-state index contributed by atoms with van der Waals surface area (Å²) < 4.78 is 11.2. The second-order valence-corrected chi connectivity index (χ2v) is 8.25. The Morgan fingerprint density at radius 3 is 2.63 bits per heavy atom. The number of thiophene rings is 1. The van der Waals surface area contributed by atoms with E-state index in [0.29, 0.717) is 0 Å². The Bertz CT molecular complexity index is 1050. The number of benzene rings is 1. The van der Waals surface area contributed by atoms with Crippen LogP contribution in [-0.4, -0.2) is 45.4 Å². The topological polar surface area (TPSA) is 113 Å². The lowest BCUT2D eigenvalue weighted by atomic mass is 9.73. The number of methoxy groups -OCH3 is 1. The van der Waals surface area contributed by atoms with E-state index in [1.807, 2.05) is 0 Å². The zero-order valence-corrected chi connectivity index (χ0v) is 15.3. The minimum absolute atomic E-state index is 0.0756. The van der Waals surface area contributed by atoms with Gasteiger partial charge < -0.3 is 24.8 Å². The number of phenols is 2. The molecule has 7 nitrogen and oxygen atoms in total. The van der Waals surface area contributed by atoms with E-state index in [2.05, 4.69) is 0 Å². The third-order valence-corrected chi connectivity index (χ3v) is 6.99. The molecule has 3 aliphatic rings. The van der Waals surface area contributed by atoms with Gasteiger partial charge in [-0.2, -0.15) is 0 Å². The summed E-state index contributed by atoms with van der Waals surface area (Å²) in [6.45, 7) is 1.58. The van der Waals surface area contributed by atoms with Gasteiger partial charge in [-0.05, 0) is 18.4 Å². The zero-order chi connectivity index (χ0) is 19.3. The molecule has 0 unspecified atom stereocenters. The van der Waals surface area contributed by atoms with Crippen LogP contribution in [0.5, 0.6) is 11.5 Å². The molecule has 1 fully saturated rings. The Labute approximate surface area is 157 Å². The number of rotatable bonds is 1. The van der Waals surface area contributed by atoms with Crippen molar-refractivity contribution in [1.29, 1.82) is 0 Å². The second-order valence-electron chi connectivity index (χ2n) is 7.33. The summed E-state index contributed by atoms with van der Waals surface area (Å²) in [5.74, 6) is -3.12. The fraction of sp³-hybridized carbons (Fsp3) is 0.368. The van der Waals surface area contributed by atoms with Gasteiger partial charge in [-0.15, -0.1) is 11.3 Å². The summed E-state index contributed by atoms with van der Waals surface area (Å²) in [6, 6.07) is 1.53. The lowest BCUT2D eigenvalue weighted by molar-refractivity contribution is -0.264. The smallest absolute Gasteiger partial charge is 0.208 e. The molecule has 0 saturated carbocycles. The Kier molecular flexibility index (Phi) is 3.10. The fourth-order valence-electron chi connectivity index (χ4n) is 4.51. The standard InChI is InChI=1S/C19H16O7S/c1-18(25-2)19(24)5-8-10(9(6-19)26-18)15(22)12-11(14(8)21)13(20)7-3-4-27-17(7)16(12)23/h3-4,9,21-22,24H,5-6H2,1-2H3/t9-,18+,19+/m1/s1. The molecule has 1 aromatic carbocycles. The number of fused-ring (bicyclic) bond motifs is 6. The van der Waals surface area contributed by atoms with Crippen molar-refractivity contribution in [3.05, 3.63) is 44.1 Å². The maximum Gasteiger partial charge on any atom is 0.208 e. The van der Waals surface area contributed by atoms with Crippen LogP contribution in [0.15, 0.2) is 11.4 Å². The largest absolute Gasteiger partial charge is 0.507 e. The van der Waals surface area contributed by atoms with E-state index in [9.17, 15) is 24.9 Å². The van der Waals surface area contributed by atoms with Crippen LogP contribution in [0, 0.1) is 0 Å². The predicted molar refractivity (Wildman–Crippen MR) is 93.5 cm³/mol. The molecule has 140 valence electrons. The van der Waals surface area contributed by atoms with Crippen LogP contribution in [0.25, 0.3) is 0 Å². The number of phenolic OH excluding ortho intramolecular Hbond substituents is 2. The third-order valence-electron chi connectivity index (χ3n) is 6.08. The van der Waals surface area contributed by atoms with Gasteiger partial charge in [-0.3, -0.25) is 9.59 Å². The van der Waals surface area contributed by atoms with Crippen LogP contribution in [0.2, 0.25) is 0 Å². The van der Waals surface area contributed by atoms with Crippen molar-refractivity contribution >= 4 is 22.9 Å². The molecule has 2 aromatic rings. The van der Waals surface area contributed by atoms with Crippen molar-refractivity contribution in [1.82, 2.24) is 0 Å². The maximum absolute atomic E-state index is 12.9. The number of aliphatic hydroxyl groups is 1. The van der Waals surface area contributed by atoms with Gasteiger partial charge in [0, 0.05) is 36.6 Å². The Morgan fingerprint density at radius 1 is 1.22 bits per heavy atom. The lowest BCUT2D eigenvalue weighted by Crippen LogP contribution is -2.51. The Balaban J connectivity index is 1.80. The summed E-state index contributed by atoms with van der Waals surface area (Å²) in [5, 5.41) is 34.5. The summed E-state index contributed by atoms with van der Waals surface area (Å²) in [5.41, 5.74) is -1.20. The van der Waals surface area contributed by atoms with Crippen molar-refractivity contribution < 1.29 is 34.4 Å². The number of ether oxygens (including phenoxy) is 2. The highest BCUT2D eigenvalue weighted by atomic mass is 32.1. The molecule has 3 atom stereocenters. The Hall–Kier alpha value is -2.26. The number of ketones is 2. The molecule has 2 bridgehead atoms. The first-order valence-corrected chi connectivity index (χ1v) is 9.33. The molecule has 0 radical (unpaired) electrons. The van der Waals surface area contributed by atoms with Crippen molar-refractivity contribution in [3.8, 4) is 11.5 Å². The lowest BCUT2D eigenvalue weighted by Gasteiger charge is -2.37. The highest BCUT2D eigenvalue weighted by Gasteiger charge is 2.62. The third kappa shape index (κ3) is 1.81. The zero-order valence-electron chi connectivity index (χ0n) is 14.5. The van der Waals surface area contributed by atoms with Gasteiger partial charge in [0.15, 0.2) is 11.6 Å². The van der Waals surface area contributed by atoms with E-state index >= 15 is 0 Å². The average Bonchev–Trinajstić information content (AvgIpc) is 3.18. The first kappa shape index (κ1) is 16.9. The Morgan fingerprint density at radius 2 is 1.93 bits per heavy atom. The second kappa shape index (κ2) is 4.96. The SMILES string of the molecule is CO[C@@]1(C)O[C@@H]2C[C@@]1(O)Cc1c(O)c3c(c(O)c12)C(=O)c1sccc1C3=O. The molecule has 1 saturated heterocycles. The van der Waals surface area contributed by atoms with E-state index < -0.39 is 29.1 Å². The average molecular weight is 388 g/mol. The van der Waals surface area contributed by atoms with Crippen LogP contribution < -0.4 is 0 Å². The van der Waals surface area contributed by atoms with E-state index in [1.165, 1.54) is 13.2 Å². The molecule has 0 amide bonds. The van der Waals surface area contributed by atoms with Gasteiger partial charge in [0.1, 0.15) is 17.1 Å². The summed E-state index contributed by atoms with van der Waals surface area (Å²) in [7, 11) is 1.40. The molecule has 3 N–H and O–H groups in total. The minimum Gasteiger partial charge on any atom is -0.507 e. The van der Waals surface area contributed by atoms with Gasteiger partial charge in [0.25, 0.3) is 0 Å². The van der Waals surface area contributed by atoms with Crippen molar-refractivity contribution in [2.24, 2.45) is 0 Å². The molecular formula is C19H16O7S. The summed E-state index contributed by atoms with van der Waals surface area (Å²) in [4.78, 5) is 26.0. The molecule has 5 rings (SSSR count). The van der Waals surface area contributed by atoms with Crippen LogP contribution in [0.1, 0.15) is 61.7 Å². The van der Waals surface area contributed by atoms with E-state index in [1.54, 1.807) is 12.3 Å². The number of aromatic hydroxyl groups is 2. The minimum atomic E-state index is -1.44. The van der Waals surface area contributed by atoms with Crippen molar-refractivity contribution in [2.45, 2.75) is 37.3 Å².